The molecule has 0 spiro atoms. The molecule has 1 atom stereocenters. The Morgan fingerprint density at radius 1 is 1.24 bits per heavy atom. The van der Waals surface area contributed by atoms with Crippen LogP contribution in [0.2, 0.25) is 5.02 Å². The van der Waals surface area contributed by atoms with Crippen LogP contribution in [0.1, 0.15) is 18.6 Å². The number of rotatable bonds is 5. The number of anilines is 1. The molecule has 150 valence electrons. The van der Waals surface area contributed by atoms with Gasteiger partial charge < -0.3 is 14.2 Å². The molecule has 7 heteroatoms. The Kier molecular flexibility index (Phi) is 5.81. The first kappa shape index (κ1) is 19.5. The van der Waals surface area contributed by atoms with Crippen LogP contribution in [0.3, 0.4) is 0 Å². The van der Waals surface area contributed by atoms with Crippen LogP contribution in [0, 0.1) is 5.92 Å². The molecule has 0 bridgehead atoms. The molecule has 1 aromatic carbocycles. The maximum absolute atomic E-state index is 13.0. The van der Waals surface area contributed by atoms with Crippen molar-refractivity contribution in [2.45, 2.75) is 19.4 Å². The third-order valence-electron chi connectivity index (χ3n) is 5.20. The number of halogens is 1. The maximum atomic E-state index is 13.0. The van der Waals surface area contributed by atoms with Crippen LogP contribution in [-0.4, -0.2) is 40.9 Å². The molecule has 0 radical (unpaired) electrons. The van der Waals surface area contributed by atoms with Crippen molar-refractivity contribution in [3.8, 4) is 11.3 Å². The summed E-state index contributed by atoms with van der Waals surface area (Å²) in [7, 11) is 1.83. The fraction of sp³-hybridized carbons (Fsp3) is 0.318. The summed E-state index contributed by atoms with van der Waals surface area (Å²) >= 11 is 5.95. The second kappa shape index (κ2) is 8.66. The van der Waals surface area contributed by atoms with Gasteiger partial charge >= 0.3 is 0 Å². The van der Waals surface area contributed by atoms with Crippen molar-refractivity contribution >= 4 is 23.3 Å². The van der Waals surface area contributed by atoms with Gasteiger partial charge in [-0.3, -0.25) is 9.78 Å². The van der Waals surface area contributed by atoms with Gasteiger partial charge in [0.25, 0.3) is 0 Å². The van der Waals surface area contributed by atoms with Crippen molar-refractivity contribution < 1.29 is 9.21 Å². The van der Waals surface area contributed by atoms with Gasteiger partial charge in [-0.15, -0.1) is 0 Å². The molecule has 0 unspecified atom stereocenters. The second-order valence-corrected chi connectivity index (χ2v) is 7.75. The maximum Gasteiger partial charge on any atom is 0.227 e. The van der Waals surface area contributed by atoms with Crippen molar-refractivity contribution in [2.75, 3.05) is 25.0 Å². The molecule has 1 aliphatic rings. The molecule has 6 nitrogen and oxygen atoms in total. The third kappa shape index (κ3) is 4.59. The number of amides is 1. The standard InChI is InChI=1S/C22H23ClN4O2/c1-26(15-19-8-9-20(29-19)16-4-6-18(23)7-5-16)22(28)17-3-2-12-27(14-17)21-13-24-10-11-25-21/h4-11,13,17H,2-3,12,14-15H2,1H3/t17-/m0/s1. The van der Waals surface area contributed by atoms with Gasteiger partial charge in [0.2, 0.25) is 5.91 Å². The minimum absolute atomic E-state index is 0.0542. The van der Waals surface area contributed by atoms with E-state index < -0.39 is 0 Å². The molecule has 0 N–H and O–H groups in total. The first-order chi connectivity index (χ1) is 14.1. The van der Waals surface area contributed by atoms with E-state index in [2.05, 4.69) is 14.9 Å². The molecule has 1 aliphatic heterocycles. The number of furan rings is 1. The highest BCUT2D eigenvalue weighted by Crippen LogP contribution is 2.26. The van der Waals surface area contributed by atoms with E-state index in [0.29, 0.717) is 18.1 Å². The number of piperidine rings is 1. The average molecular weight is 411 g/mol. The zero-order valence-electron chi connectivity index (χ0n) is 16.3. The highest BCUT2D eigenvalue weighted by atomic mass is 35.5. The van der Waals surface area contributed by atoms with Crippen molar-refractivity contribution in [2.24, 2.45) is 5.92 Å². The zero-order valence-corrected chi connectivity index (χ0v) is 17.0. The molecule has 0 saturated carbocycles. The molecule has 1 saturated heterocycles. The fourth-order valence-electron chi connectivity index (χ4n) is 3.70. The molecular formula is C22H23ClN4O2. The quantitative estimate of drug-likeness (QED) is 0.628. The molecule has 0 aliphatic carbocycles. The molecule has 29 heavy (non-hydrogen) atoms. The lowest BCUT2D eigenvalue weighted by Crippen LogP contribution is -2.43. The van der Waals surface area contributed by atoms with E-state index in [1.807, 2.05) is 43.4 Å². The van der Waals surface area contributed by atoms with E-state index in [0.717, 1.165) is 42.3 Å². The smallest absolute Gasteiger partial charge is 0.227 e. The Morgan fingerprint density at radius 2 is 2.07 bits per heavy atom. The summed E-state index contributed by atoms with van der Waals surface area (Å²) in [6.07, 6.45) is 6.93. The van der Waals surface area contributed by atoms with Crippen LogP contribution in [-0.2, 0) is 11.3 Å². The van der Waals surface area contributed by atoms with E-state index >= 15 is 0 Å². The van der Waals surface area contributed by atoms with Gasteiger partial charge in [-0.2, -0.15) is 0 Å². The average Bonchev–Trinajstić information content (AvgIpc) is 3.23. The lowest BCUT2D eigenvalue weighted by molar-refractivity contribution is -0.135. The monoisotopic (exact) mass is 410 g/mol. The summed E-state index contributed by atoms with van der Waals surface area (Å²) in [6, 6.07) is 11.3. The Balaban J connectivity index is 1.39. The van der Waals surface area contributed by atoms with Crippen LogP contribution in [0.5, 0.6) is 0 Å². The molecule has 1 fully saturated rings. The summed E-state index contributed by atoms with van der Waals surface area (Å²) in [5.74, 6) is 2.42. The molecule has 3 heterocycles. The summed E-state index contributed by atoms with van der Waals surface area (Å²) in [4.78, 5) is 25.4. The summed E-state index contributed by atoms with van der Waals surface area (Å²) in [6.45, 7) is 2.00. The topological polar surface area (TPSA) is 62.5 Å². The lowest BCUT2D eigenvalue weighted by atomic mass is 9.96. The Morgan fingerprint density at radius 3 is 2.83 bits per heavy atom. The van der Waals surface area contributed by atoms with Crippen LogP contribution in [0.25, 0.3) is 11.3 Å². The minimum Gasteiger partial charge on any atom is -0.459 e. The zero-order chi connectivity index (χ0) is 20.2. The number of benzene rings is 1. The van der Waals surface area contributed by atoms with E-state index in [-0.39, 0.29) is 11.8 Å². The number of aromatic nitrogens is 2. The first-order valence-electron chi connectivity index (χ1n) is 9.71. The summed E-state index contributed by atoms with van der Waals surface area (Å²) < 4.78 is 5.94. The summed E-state index contributed by atoms with van der Waals surface area (Å²) in [5.41, 5.74) is 0.960. The number of carbonyl (C=O) groups excluding carboxylic acids is 1. The van der Waals surface area contributed by atoms with Gasteiger partial charge in [0.15, 0.2) is 0 Å². The third-order valence-corrected chi connectivity index (χ3v) is 5.46. The molecule has 4 rings (SSSR count). The highest BCUT2D eigenvalue weighted by molar-refractivity contribution is 6.30. The van der Waals surface area contributed by atoms with Crippen molar-refractivity contribution in [1.29, 1.82) is 0 Å². The van der Waals surface area contributed by atoms with Crippen LogP contribution in [0.4, 0.5) is 5.82 Å². The summed E-state index contributed by atoms with van der Waals surface area (Å²) in [5, 5.41) is 0.689. The number of carbonyl (C=O) groups is 1. The van der Waals surface area contributed by atoms with Crippen LogP contribution >= 0.6 is 11.6 Å². The SMILES string of the molecule is CN(Cc1ccc(-c2ccc(Cl)cc2)o1)C(=O)[C@H]1CCCN(c2cnccn2)C1. The number of nitrogens with zero attached hydrogens (tertiary/aromatic N) is 4. The molecule has 1 amide bonds. The first-order valence-corrected chi connectivity index (χ1v) is 10.1. The van der Waals surface area contributed by atoms with Gasteiger partial charge in [0.1, 0.15) is 17.3 Å². The van der Waals surface area contributed by atoms with Gasteiger partial charge in [-0.1, -0.05) is 11.6 Å². The number of hydrogen-bond donors (Lipinski definition) is 0. The predicted octanol–water partition coefficient (Wildman–Crippen LogP) is 4.27. The Bertz CT molecular complexity index is 958. The van der Waals surface area contributed by atoms with E-state index in [1.54, 1.807) is 23.5 Å². The largest absolute Gasteiger partial charge is 0.459 e. The normalized spacial score (nSPS) is 16.6. The van der Waals surface area contributed by atoms with E-state index in [9.17, 15) is 4.79 Å². The van der Waals surface area contributed by atoms with Gasteiger partial charge in [0, 0.05) is 43.1 Å². The van der Waals surface area contributed by atoms with E-state index in [1.165, 1.54) is 0 Å². The number of hydrogen-bond acceptors (Lipinski definition) is 5. The highest BCUT2D eigenvalue weighted by Gasteiger charge is 2.29. The Hall–Kier alpha value is -2.86. The van der Waals surface area contributed by atoms with Gasteiger partial charge in [0.05, 0.1) is 18.7 Å². The van der Waals surface area contributed by atoms with Gasteiger partial charge in [-0.25, -0.2) is 4.98 Å². The van der Waals surface area contributed by atoms with Crippen molar-refractivity contribution in [1.82, 2.24) is 14.9 Å². The minimum atomic E-state index is -0.0542. The fourth-order valence-corrected chi connectivity index (χ4v) is 3.82. The van der Waals surface area contributed by atoms with Crippen molar-refractivity contribution in [3.05, 3.63) is 65.8 Å². The van der Waals surface area contributed by atoms with Crippen LogP contribution in [0.15, 0.2) is 59.4 Å². The van der Waals surface area contributed by atoms with Gasteiger partial charge in [-0.05, 0) is 49.2 Å². The second-order valence-electron chi connectivity index (χ2n) is 7.32. The molecule has 3 aromatic rings. The van der Waals surface area contributed by atoms with Crippen molar-refractivity contribution in [3.63, 3.8) is 0 Å². The molecular weight excluding hydrogens is 388 g/mol. The predicted molar refractivity (Wildman–Crippen MR) is 113 cm³/mol. The molecule has 2 aromatic heterocycles. The lowest BCUT2D eigenvalue weighted by Gasteiger charge is -2.34. The van der Waals surface area contributed by atoms with E-state index in [4.69, 9.17) is 16.0 Å². The Labute approximate surface area is 175 Å². The van der Waals surface area contributed by atoms with Crippen LogP contribution < -0.4 is 4.90 Å².